The molecule has 1 aromatic carbocycles. The number of anilines is 1. The van der Waals surface area contributed by atoms with Gasteiger partial charge in [-0.05, 0) is 49.6 Å². The molecule has 1 N–H and O–H groups in total. The summed E-state index contributed by atoms with van der Waals surface area (Å²) in [6.07, 6.45) is 3.77. The zero-order valence-corrected chi connectivity index (χ0v) is 11.4. The molecule has 2 nitrogen and oxygen atoms in total. The lowest BCUT2D eigenvalue weighted by Gasteiger charge is -2.20. The molecule has 3 heteroatoms. The van der Waals surface area contributed by atoms with Gasteiger partial charge in [-0.3, -0.25) is 0 Å². The van der Waals surface area contributed by atoms with Gasteiger partial charge < -0.3 is 10.2 Å². The van der Waals surface area contributed by atoms with Gasteiger partial charge in [0.2, 0.25) is 0 Å². The highest BCUT2D eigenvalue weighted by atomic mass is 19.1. The zero-order valence-electron chi connectivity index (χ0n) is 11.4. The van der Waals surface area contributed by atoms with Crippen LogP contribution in [-0.2, 0) is 6.54 Å². The summed E-state index contributed by atoms with van der Waals surface area (Å²) in [7, 11) is 1.89. The molecule has 0 saturated carbocycles. The molecule has 100 valence electrons. The van der Waals surface area contributed by atoms with Crippen LogP contribution in [0.4, 0.5) is 10.1 Å². The molecule has 0 amide bonds. The second-order valence-electron chi connectivity index (χ2n) is 5.24. The van der Waals surface area contributed by atoms with Crippen molar-refractivity contribution in [1.29, 1.82) is 0 Å². The van der Waals surface area contributed by atoms with Gasteiger partial charge >= 0.3 is 0 Å². The molecule has 18 heavy (non-hydrogen) atoms. The van der Waals surface area contributed by atoms with Gasteiger partial charge in [0.25, 0.3) is 0 Å². The van der Waals surface area contributed by atoms with Crippen molar-refractivity contribution in [1.82, 2.24) is 5.32 Å². The third kappa shape index (κ3) is 3.22. The summed E-state index contributed by atoms with van der Waals surface area (Å²) in [6.45, 7) is 5.09. The molecule has 1 unspecified atom stereocenters. The third-order valence-electron chi connectivity index (χ3n) is 3.67. The third-order valence-corrected chi connectivity index (χ3v) is 3.67. The van der Waals surface area contributed by atoms with E-state index >= 15 is 0 Å². The Morgan fingerprint density at radius 3 is 2.94 bits per heavy atom. The molecule has 0 spiro atoms. The Morgan fingerprint density at radius 1 is 1.39 bits per heavy atom. The lowest BCUT2D eigenvalue weighted by Crippen LogP contribution is -2.20. The van der Waals surface area contributed by atoms with Crippen LogP contribution in [0, 0.1) is 11.7 Å². The Labute approximate surface area is 109 Å². The van der Waals surface area contributed by atoms with Crippen molar-refractivity contribution >= 4 is 5.69 Å². The average Bonchev–Trinajstić information content (AvgIpc) is 2.78. The van der Waals surface area contributed by atoms with E-state index in [-0.39, 0.29) is 5.82 Å². The summed E-state index contributed by atoms with van der Waals surface area (Å²) in [5.74, 6) is 0.655. The van der Waals surface area contributed by atoms with Gasteiger partial charge in [-0.15, -0.1) is 0 Å². The number of hydrogen-bond donors (Lipinski definition) is 1. The molecule has 1 aliphatic heterocycles. The lowest BCUT2D eigenvalue weighted by molar-refractivity contribution is 0.529. The van der Waals surface area contributed by atoms with Gasteiger partial charge in [0.15, 0.2) is 0 Å². The fourth-order valence-electron chi connectivity index (χ4n) is 2.83. The standard InChI is InChI=1S/C15H23FN2/c1-3-4-12-5-6-18(11-12)15-8-13(10-17-2)7-14(16)9-15/h7-9,12,17H,3-6,10-11H2,1-2H3. The van der Waals surface area contributed by atoms with Crippen molar-refractivity contribution in [2.75, 3.05) is 25.0 Å². The van der Waals surface area contributed by atoms with E-state index in [1.165, 1.54) is 19.3 Å². The van der Waals surface area contributed by atoms with E-state index in [4.69, 9.17) is 0 Å². The van der Waals surface area contributed by atoms with Crippen molar-refractivity contribution < 1.29 is 4.39 Å². The highest BCUT2D eigenvalue weighted by Gasteiger charge is 2.22. The maximum Gasteiger partial charge on any atom is 0.125 e. The maximum atomic E-state index is 13.6. The fraction of sp³-hybridized carbons (Fsp3) is 0.600. The number of nitrogens with one attached hydrogen (secondary N) is 1. The predicted molar refractivity (Wildman–Crippen MR) is 74.4 cm³/mol. The van der Waals surface area contributed by atoms with E-state index in [2.05, 4.69) is 23.2 Å². The molecule has 1 atom stereocenters. The SMILES string of the molecule is CCCC1CCN(c2cc(F)cc(CNC)c2)C1. The first-order chi connectivity index (χ1) is 8.72. The lowest BCUT2D eigenvalue weighted by atomic mass is 10.0. The fourth-order valence-corrected chi connectivity index (χ4v) is 2.83. The number of hydrogen-bond acceptors (Lipinski definition) is 2. The molecular weight excluding hydrogens is 227 g/mol. The van der Waals surface area contributed by atoms with Gasteiger partial charge in [-0.25, -0.2) is 4.39 Å². The molecule has 1 aromatic rings. The summed E-state index contributed by atoms with van der Waals surface area (Å²) in [6, 6.07) is 5.38. The first-order valence-corrected chi connectivity index (χ1v) is 6.92. The molecule has 1 aliphatic rings. The molecule has 1 heterocycles. The highest BCUT2D eigenvalue weighted by molar-refractivity contribution is 5.50. The summed E-state index contributed by atoms with van der Waals surface area (Å²) in [4.78, 5) is 2.32. The van der Waals surface area contributed by atoms with Crippen LogP contribution >= 0.6 is 0 Å². The van der Waals surface area contributed by atoms with Gasteiger partial charge in [0.1, 0.15) is 5.82 Å². The molecule has 0 aliphatic carbocycles. The van der Waals surface area contributed by atoms with Crippen LogP contribution in [-0.4, -0.2) is 20.1 Å². The van der Waals surface area contributed by atoms with Crippen molar-refractivity contribution in [3.05, 3.63) is 29.6 Å². The largest absolute Gasteiger partial charge is 0.371 e. The monoisotopic (exact) mass is 250 g/mol. The van der Waals surface area contributed by atoms with Crippen LogP contribution in [0.3, 0.4) is 0 Å². The van der Waals surface area contributed by atoms with E-state index in [9.17, 15) is 4.39 Å². The van der Waals surface area contributed by atoms with Crippen LogP contribution < -0.4 is 10.2 Å². The Morgan fingerprint density at radius 2 is 2.22 bits per heavy atom. The predicted octanol–water partition coefficient (Wildman–Crippen LogP) is 3.17. The molecule has 0 radical (unpaired) electrons. The average molecular weight is 250 g/mol. The van der Waals surface area contributed by atoms with E-state index in [0.29, 0.717) is 0 Å². The molecule has 0 aromatic heterocycles. The first-order valence-electron chi connectivity index (χ1n) is 6.92. The van der Waals surface area contributed by atoms with E-state index in [1.807, 2.05) is 7.05 Å². The minimum absolute atomic E-state index is 0.128. The normalized spacial score (nSPS) is 19.5. The second-order valence-corrected chi connectivity index (χ2v) is 5.24. The summed E-state index contributed by atoms with van der Waals surface area (Å²) < 4.78 is 13.6. The van der Waals surface area contributed by atoms with Gasteiger partial charge in [-0.1, -0.05) is 13.3 Å². The van der Waals surface area contributed by atoms with Crippen molar-refractivity contribution in [2.24, 2.45) is 5.92 Å². The molecular formula is C15H23FN2. The van der Waals surface area contributed by atoms with Crippen LogP contribution in [0.5, 0.6) is 0 Å². The second kappa shape index (κ2) is 6.19. The number of rotatable bonds is 5. The number of halogens is 1. The Balaban J connectivity index is 2.08. The van der Waals surface area contributed by atoms with Crippen LogP contribution in [0.15, 0.2) is 18.2 Å². The summed E-state index contributed by atoms with van der Waals surface area (Å²) in [5.41, 5.74) is 2.06. The van der Waals surface area contributed by atoms with Crippen LogP contribution in [0.1, 0.15) is 31.7 Å². The Hall–Kier alpha value is -1.09. The number of benzene rings is 1. The smallest absolute Gasteiger partial charge is 0.125 e. The van der Waals surface area contributed by atoms with E-state index < -0.39 is 0 Å². The topological polar surface area (TPSA) is 15.3 Å². The Bertz CT molecular complexity index is 392. The maximum absolute atomic E-state index is 13.6. The Kier molecular flexibility index (Phi) is 4.59. The molecule has 1 fully saturated rings. The van der Waals surface area contributed by atoms with Crippen LogP contribution in [0.25, 0.3) is 0 Å². The van der Waals surface area contributed by atoms with Crippen molar-refractivity contribution in [2.45, 2.75) is 32.7 Å². The number of nitrogens with zero attached hydrogens (tertiary/aromatic N) is 1. The quantitative estimate of drug-likeness (QED) is 0.863. The minimum atomic E-state index is -0.128. The summed E-state index contributed by atoms with van der Waals surface area (Å²) >= 11 is 0. The van der Waals surface area contributed by atoms with Crippen molar-refractivity contribution in [3.63, 3.8) is 0 Å². The van der Waals surface area contributed by atoms with E-state index in [1.54, 1.807) is 12.1 Å². The highest BCUT2D eigenvalue weighted by Crippen LogP contribution is 2.27. The zero-order chi connectivity index (χ0) is 13.0. The molecule has 1 saturated heterocycles. The van der Waals surface area contributed by atoms with Gasteiger partial charge in [0, 0.05) is 25.3 Å². The molecule has 0 bridgehead atoms. The minimum Gasteiger partial charge on any atom is -0.371 e. The van der Waals surface area contributed by atoms with E-state index in [0.717, 1.165) is 36.8 Å². The molecule has 2 rings (SSSR count). The van der Waals surface area contributed by atoms with Gasteiger partial charge in [0.05, 0.1) is 0 Å². The summed E-state index contributed by atoms with van der Waals surface area (Å²) in [5, 5.41) is 3.07. The van der Waals surface area contributed by atoms with Gasteiger partial charge in [-0.2, -0.15) is 0 Å². The first kappa shape index (κ1) is 13.3. The van der Waals surface area contributed by atoms with Crippen molar-refractivity contribution in [3.8, 4) is 0 Å². The van der Waals surface area contributed by atoms with Crippen LogP contribution in [0.2, 0.25) is 0 Å².